The van der Waals surface area contributed by atoms with Crippen molar-refractivity contribution in [3.8, 4) is 11.5 Å². The highest BCUT2D eigenvalue weighted by atomic mass is 16.4. The second kappa shape index (κ2) is 8.49. The van der Waals surface area contributed by atoms with E-state index in [-0.39, 0.29) is 12.1 Å². The van der Waals surface area contributed by atoms with Gasteiger partial charge >= 0.3 is 6.03 Å². The van der Waals surface area contributed by atoms with E-state index in [1.54, 1.807) is 0 Å². The van der Waals surface area contributed by atoms with Crippen LogP contribution in [-0.2, 0) is 6.54 Å². The first-order valence-electron chi connectivity index (χ1n) is 9.95. The lowest BCUT2D eigenvalue weighted by atomic mass is 10.2. The molecule has 2 aromatic carbocycles. The summed E-state index contributed by atoms with van der Waals surface area (Å²) < 4.78 is 5.68. The topological polar surface area (TPSA) is 70.4 Å². The Labute approximate surface area is 170 Å². The molecule has 0 saturated carbocycles. The largest absolute Gasteiger partial charge is 0.441 e. The maximum absolute atomic E-state index is 12.5. The van der Waals surface area contributed by atoms with Crippen molar-refractivity contribution in [1.82, 2.24) is 15.2 Å². The van der Waals surface area contributed by atoms with Gasteiger partial charge in [0.1, 0.15) is 5.76 Å². The Bertz CT molecular complexity index is 964. The Balaban J connectivity index is 1.31. The number of likely N-dealkylation sites (tertiary alicyclic amines) is 1. The molecule has 6 heteroatoms. The van der Waals surface area contributed by atoms with Crippen LogP contribution in [0.2, 0.25) is 0 Å². The summed E-state index contributed by atoms with van der Waals surface area (Å²) in [6.45, 7) is 6.57. The second-order valence-corrected chi connectivity index (χ2v) is 7.55. The van der Waals surface area contributed by atoms with E-state index in [2.05, 4.69) is 44.8 Å². The standard InChI is InChI=1S/C23H26N4O2/c1-16-17(2)29-22(24-16)19-9-6-10-20(13-19)25-23(28)26-21-11-12-27(15-21)14-18-7-4-3-5-8-18/h3-10,13,21H,11-12,14-15H2,1-2H3,(H2,25,26,28). The van der Waals surface area contributed by atoms with Crippen LogP contribution in [0.5, 0.6) is 0 Å². The Hall–Kier alpha value is -3.12. The molecular formula is C23H26N4O2. The minimum Gasteiger partial charge on any atom is -0.441 e. The van der Waals surface area contributed by atoms with Crippen LogP contribution in [0, 0.1) is 13.8 Å². The minimum absolute atomic E-state index is 0.152. The number of amides is 2. The Kier molecular flexibility index (Phi) is 5.62. The van der Waals surface area contributed by atoms with E-state index in [9.17, 15) is 4.79 Å². The summed E-state index contributed by atoms with van der Waals surface area (Å²) in [5.41, 5.74) is 3.73. The van der Waals surface area contributed by atoms with Crippen molar-refractivity contribution in [3.63, 3.8) is 0 Å². The van der Waals surface area contributed by atoms with Gasteiger partial charge in [-0.3, -0.25) is 4.90 Å². The zero-order chi connectivity index (χ0) is 20.2. The fraction of sp³-hybridized carbons (Fsp3) is 0.304. The number of benzene rings is 2. The van der Waals surface area contributed by atoms with Crippen molar-refractivity contribution >= 4 is 11.7 Å². The summed E-state index contributed by atoms with van der Waals surface area (Å²) in [6, 6.07) is 17.9. The third-order valence-corrected chi connectivity index (χ3v) is 5.25. The highest BCUT2D eigenvalue weighted by molar-refractivity contribution is 5.90. The lowest BCUT2D eigenvalue weighted by Crippen LogP contribution is -2.39. The highest BCUT2D eigenvalue weighted by Gasteiger charge is 2.23. The van der Waals surface area contributed by atoms with Crippen molar-refractivity contribution in [2.75, 3.05) is 18.4 Å². The highest BCUT2D eigenvalue weighted by Crippen LogP contribution is 2.24. The van der Waals surface area contributed by atoms with Gasteiger partial charge in [-0.15, -0.1) is 0 Å². The van der Waals surface area contributed by atoms with Gasteiger partial charge < -0.3 is 15.1 Å². The molecule has 0 radical (unpaired) electrons. The molecule has 4 rings (SSSR count). The zero-order valence-corrected chi connectivity index (χ0v) is 16.8. The van der Waals surface area contributed by atoms with E-state index in [0.717, 1.165) is 43.1 Å². The molecule has 0 bridgehead atoms. The van der Waals surface area contributed by atoms with Crippen LogP contribution in [0.4, 0.5) is 10.5 Å². The predicted octanol–water partition coefficient (Wildman–Crippen LogP) is 4.35. The van der Waals surface area contributed by atoms with Gasteiger partial charge in [0, 0.05) is 36.9 Å². The first-order valence-corrected chi connectivity index (χ1v) is 9.95. The van der Waals surface area contributed by atoms with Crippen molar-refractivity contribution < 1.29 is 9.21 Å². The van der Waals surface area contributed by atoms with Gasteiger partial charge in [-0.1, -0.05) is 36.4 Å². The van der Waals surface area contributed by atoms with E-state index >= 15 is 0 Å². The molecule has 2 amide bonds. The maximum atomic E-state index is 12.5. The van der Waals surface area contributed by atoms with Crippen molar-refractivity contribution in [2.45, 2.75) is 32.9 Å². The Morgan fingerprint density at radius 3 is 2.76 bits per heavy atom. The van der Waals surface area contributed by atoms with Gasteiger partial charge in [0.05, 0.1) is 5.69 Å². The van der Waals surface area contributed by atoms with Gasteiger partial charge in [0.15, 0.2) is 0 Å². The molecule has 1 saturated heterocycles. The van der Waals surface area contributed by atoms with Gasteiger partial charge in [-0.25, -0.2) is 9.78 Å². The molecule has 1 fully saturated rings. The zero-order valence-electron chi connectivity index (χ0n) is 16.8. The van der Waals surface area contributed by atoms with Crippen LogP contribution in [0.3, 0.4) is 0 Å². The number of urea groups is 1. The van der Waals surface area contributed by atoms with E-state index in [1.165, 1.54) is 5.56 Å². The van der Waals surface area contributed by atoms with Crippen molar-refractivity contribution in [1.29, 1.82) is 0 Å². The minimum atomic E-state index is -0.187. The monoisotopic (exact) mass is 390 g/mol. The van der Waals surface area contributed by atoms with Crippen LogP contribution in [-0.4, -0.2) is 35.0 Å². The van der Waals surface area contributed by atoms with E-state index in [4.69, 9.17) is 4.42 Å². The van der Waals surface area contributed by atoms with Crippen LogP contribution in [0.1, 0.15) is 23.4 Å². The first-order chi connectivity index (χ1) is 14.1. The number of carbonyl (C=O) groups excluding carboxylic acids is 1. The van der Waals surface area contributed by atoms with E-state index < -0.39 is 0 Å². The van der Waals surface area contributed by atoms with Crippen molar-refractivity contribution in [3.05, 3.63) is 71.6 Å². The average molecular weight is 390 g/mol. The number of nitrogens with zero attached hydrogens (tertiary/aromatic N) is 2. The average Bonchev–Trinajstić information content (AvgIpc) is 3.28. The number of hydrogen-bond donors (Lipinski definition) is 2. The fourth-order valence-corrected chi connectivity index (χ4v) is 3.61. The van der Waals surface area contributed by atoms with E-state index in [1.807, 2.05) is 44.2 Å². The van der Waals surface area contributed by atoms with Gasteiger partial charge in [0.25, 0.3) is 0 Å². The molecule has 3 aromatic rings. The summed E-state index contributed by atoms with van der Waals surface area (Å²) in [4.78, 5) is 19.3. The predicted molar refractivity (Wildman–Crippen MR) is 114 cm³/mol. The summed E-state index contributed by atoms with van der Waals surface area (Å²) >= 11 is 0. The summed E-state index contributed by atoms with van der Waals surface area (Å²) in [5.74, 6) is 1.37. The Morgan fingerprint density at radius 2 is 2.00 bits per heavy atom. The molecule has 6 nitrogen and oxygen atoms in total. The van der Waals surface area contributed by atoms with Gasteiger partial charge in [0.2, 0.25) is 5.89 Å². The quantitative estimate of drug-likeness (QED) is 0.679. The number of oxazole rings is 1. The summed E-state index contributed by atoms with van der Waals surface area (Å²) in [7, 11) is 0. The number of anilines is 1. The molecule has 1 unspecified atom stereocenters. The molecule has 1 atom stereocenters. The fourth-order valence-electron chi connectivity index (χ4n) is 3.61. The normalized spacial score (nSPS) is 16.7. The van der Waals surface area contributed by atoms with E-state index in [0.29, 0.717) is 11.6 Å². The molecule has 29 heavy (non-hydrogen) atoms. The first kappa shape index (κ1) is 19.2. The van der Waals surface area contributed by atoms with Crippen LogP contribution < -0.4 is 10.6 Å². The van der Waals surface area contributed by atoms with Crippen LogP contribution in [0.25, 0.3) is 11.5 Å². The molecule has 2 N–H and O–H groups in total. The Morgan fingerprint density at radius 1 is 1.17 bits per heavy atom. The third kappa shape index (κ3) is 4.84. The lowest BCUT2D eigenvalue weighted by Gasteiger charge is -2.17. The molecule has 2 heterocycles. The number of nitrogens with one attached hydrogen (secondary N) is 2. The molecule has 1 aliphatic rings. The maximum Gasteiger partial charge on any atom is 0.319 e. The number of rotatable bonds is 5. The number of aromatic nitrogens is 1. The number of carbonyl (C=O) groups is 1. The molecule has 150 valence electrons. The van der Waals surface area contributed by atoms with Crippen LogP contribution >= 0.6 is 0 Å². The molecule has 1 aliphatic heterocycles. The summed E-state index contributed by atoms with van der Waals surface area (Å²) in [6.07, 6.45) is 0.954. The SMILES string of the molecule is Cc1nc(-c2cccc(NC(=O)NC3CCN(Cc4ccccc4)C3)c2)oc1C. The smallest absolute Gasteiger partial charge is 0.319 e. The van der Waals surface area contributed by atoms with Gasteiger partial charge in [-0.2, -0.15) is 0 Å². The summed E-state index contributed by atoms with van der Waals surface area (Å²) in [5, 5.41) is 6.01. The second-order valence-electron chi connectivity index (χ2n) is 7.55. The van der Waals surface area contributed by atoms with Gasteiger partial charge in [-0.05, 0) is 44.0 Å². The lowest BCUT2D eigenvalue weighted by molar-refractivity contribution is 0.247. The van der Waals surface area contributed by atoms with Crippen LogP contribution in [0.15, 0.2) is 59.0 Å². The number of aryl methyl sites for hydroxylation is 2. The molecule has 1 aromatic heterocycles. The number of hydrogen-bond acceptors (Lipinski definition) is 4. The third-order valence-electron chi connectivity index (χ3n) is 5.25. The molecule has 0 spiro atoms. The van der Waals surface area contributed by atoms with Crippen molar-refractivity contribution in [2.24, 2.45) is 0 Å². The molecule has 0 aliphatic carbocycles. The molecular weight excluding hydrogens is 364 g/mol.